The first-order chi connectivity index (χ1) is 12.8. The summed E-state index contributed by atoms with van der Waals surface area (Å²) in [6.07, 6.45) is 2.27. The third-order valence-electron chi connectivity index (χ3n) is 4.27. The van der Waals surface area contributed by atoms with Gasteiger partial charge in [-0.15, -0.1) is 0 Å². The standard InChI is InChI=1S/C24H27N2O/c1-17(2)22-15-23(19-9-7-18(8-10-19)16-24(3,4)5)26(25-22)20-11-13-21(27-6)14-12-20/h7-16H,1H2,2-6H3. The molecule has 3 heteroatoms. The van der Waals surface area contributed by atoms with Crippen LogP contribution in [0.2, 0.25) is 0 Å². The molecule has 0 N–H and O–H groups in total. The van der Waals surface area contributed by atoms with Crippen LogP contribution in [0.1, 0.15) is 39.0 Å². The lowest BCUT2D eigenvalue weighted by atomic mass is 9.88. The molecule has 0 unspecified atom stereocenters. The van der Waals surface area contributed by atoms with Gasteiger partial charge in [0.25, 0.3) is 0 Å². The largest absolute Gasteiger partial charge is 0.497 e. The Labute approximate surface area is 162 Å². The molecule has 0 amide bonds. The highest BCUT2D eigenvalue weighted by atomic mass is 16.5. The van der Waals surface area contributed by atoms with Gasteiger partial charge in [-0.2, -0.15) is 5.10 Å². The highest BCUT2D eigenvalue weighted by molar-refractivity contribution is 5.69. The van der Waals surface area contributed by atoms with E-state index in [0.29, 0.717) is 0 Å². The predicted molar refractivity (Wildman–Crippen MR) is 113 cm³/mol. The minimum absolute atomic E-state index is 0.152. The molecule has 1 aromatic heterocycles. The van der Waals surface area contributed by atoms with Crippen molar-refractivity contribution in [1.29, 1.82) is 0 Å². The Morgan fingerprint density at radius 2 is 1.67 bits per heavy atom. The van der Waals surface area contributed by atoms with Gasteiger partial charge in [0.2, 0.25) is 0 Å². The molecule has 0 atom stereocenters. The van der Waals surface area contributed by atoms with E-state index >= 15 is 0 Å². The molecule has 0 saturated heterocycles. The van der Waals surface area contributed by atoms with E-state index in [9.17, 15) is 0 Å². The topological polar surface area (TPSA) is 27.1 Å². The molecule has 3 aromatic rings. The fraction of sp³-hybridized carbons (Fsp3) is 0.250. The maximum Gasteiger partial charge on any atom is 0.119 e. The number of hydrogen-bond donors (Lipinski definition) is 0. The number of aromatic nitrogens is 2. The first-order valence-electron chi connectivity index (χ1n) is 9.13. The zero-order valence-electron chi connectivity index (χ0n) is 16.8. The zero-order valence-corrected chi connectivity index (χ0v) is 16.8. The van der Waals surface area contributed by atoms with Crippen LogP contribution in [0, 0.1) is 11.8 Å². The quantitative estimate of drug-likeness (QED) is 0.544. The fourth-order valence-electron chi connectivity index (χ4n) is 2.97. The van der Waals surface area contributed by atoms with Crippen LogP contribution in [0.25, 0.3) is 22.5 Å². The lowest BCUT2D eigenvalue weighted by Gasteiger charge is -2.17. The Morgan fingerprint density at radius 1 is 1.04 bits per heavy atom. The van der Waals surface area contributed by atoms with E-state index in [0.717, 1.165) is 34.0 Å². The summed E-state index contributed by atoms with van der Waals surface area (Å²) in [6.45, 7) is 12.6. The molecule has 27 heavy (non-hydrogen) atoms. The second-order valence-electron chi connectivity index (χ2n) is 7.94. The summed E-state index contributed by atoms with van der Waals surface area (Å²) in [4.78, 5) is 0. The summed E-state index contributed by atoms with van der Waals surface area (Å²) in [5.41, 5.74) is 6.37. The second kappa shape index (κ2) is 7.43. The Bertz CT molecular complexity index is 926. The van der Waals surface area contributed by atoms with E-state index in [4.69, 9.17) is 9.84 Å². The van der Waals surface area contributed by atoms with Crippen molar-refractivity contribution >= 4 is 5.57 Å². The molecular weight excluding hydrogens is 332 g/mol. The van der Waals surface area contributed by atoms with E-state index in [1.807, 2.05) is 35.9 Å². The number of rotatable bonds is 5. The maximum atomic E-state index is 5.27. The van der Waals surface area contributed by atoms with Gasteiger partial charge in [-0.3, -0.25) is 0 Å². The molecule has 0 aliphatic heterocycles. The molecule has 0 aliphatic rings. The Balaban J connectivity index is 2.02. The summed E-state index contributed by atoms with van der Waals surface area (Å²) < 4.78 is 7.23. The number of hydrogen-bond acceptors (Lipinski definition) is 2. The molecule has 0 bridgehead atoms. The van der Waals surface area contributed by atoms with Crippen LogP contribution in [0.15, 0.2) is 61.2 Å². The number of benzene rings is 2. The minimum atomic E-state index is 0.152. The number of ether oxygens (including phenoxy) is 1. The molecule has 2 aromatic carbocycles. The van der Waals surface area contributed by atoms with Crippen molar-refractivity contribution in [3.63, 3.8) is 0 Å². The summed E-state index contributed by atoms with van der Waals surface area (Å²) in [7, 11) is 1.67. The molecule has 3 nitrogen and oxygen atoms in total. The van der Waals surface area contributed by atoms with Crippen molar-refractivity contribution in [2.75, 3.05) is 7.11 Å². The van der Waals surface area contributed by atoms with Gasteiger partial charge < -0.3 is 4.74 Å². The normalized spacial score (nSPS) is 11.4. The monoisotopic (exact) mass is 359 g/mol. The third kappa shape index (κ3) is 4.48. The van der Waals surface area contributed by atoms with Gasteiger partial charge in [0.15, 0.2) is 0 Å². The average molecular weight is 359 g/mol. The highest BCUT2D eigenvalue weighted by Gasteiger charge is 2.14. The van der Waals surface area contributed by atoms with Crippen molar-refractivity contribution in [3.8, 4) is 22.7 Å². The van der Waals surface area contributed by atoms with Crippen molar-refractivity contribution in [2.24, 2.45) is 5.41 Å². The van der Waals surface area contributed by atoms with Gasteiger partial charge in [-0.1, -0.05) is 51.6 Å². The van der Waals surface area contributed by atoms with Crippen molar-refractivity contribution in [3.05, 3.63) is 78.9 Å². The van der Waals surface area contributed by atoms with Crippen molar-refractivity contribution < 1.29 is 4.74 Å². The van der Waals surface area contributed by atoms with Crippen LogP contribution in [-0.4, -0.2) is 16.9 Å². The summed E-state index contributed by atoms with van der Waals surface area (Å²) in [5, 5.41) is 4.76. The Kier molecular flexibility index (Phi) is 5.22. The summed E-state index contributed by atoms with van der Waals surface area (Å²) in [6, 6.07) is 18.6. The zero-order chi connectivity index (χ0) is 19.6. The van der Waals surface area contributed by atoms with E-state index < -0.39 is 0 Å². The first kappa shape index (κ1) is 19.0. The number of allylic oxidation sites excluding steroid dienone is 1. The summed E-state index contributed by atoms with van der Waals surface area (Å²) in [5.74, 6) is 0.828. The highest BCUT2D eigenvalue weighted by Crippen LogP contribution is 2.29. The molecule has 0 fully saturated rings. The Hall–Kier alpha value is -2.81. The fourth-order valence-corrected chi connectivity index (χ4v) is 2.97. The maximum absolute atomic E-state index is 5.27. The smallest absolute Gasteiger partial charge is 0.119 e. The second-order valence-corrected chi connectivity index (χ2v) is 7.94. The van der Waals surface area contributed by atoms with E-state index in [-0.39, 0.29) is 5.41 Å². The lowest BCUT2D eigenvalue weighted by Crippen LogP contribution is -2.06. The van der Waals surface area contributed by atoms with Gasteiger partial charge in [-0.25, -0.2) is 4.68 Å². The van der Waals surface area contributed by atoms with Crippen molar-refractivity contribution in [1.82, 2.24) is 9.78 Å². The van der Waals surface area contributed by atoms with E-state index in [1.54, 1.807) is 7.11 Å². The van der Waals surface area contributed by atoms with Gasteiger partial charge in [-0.05, 0) is 60.2 Å². The molecule has 1 radical (unpaired) electrons. The molecular formula is C24H27N2O. The third-order valence-corrected chi connectivity index (χ3v) is 4.27. The molecule has 139 valence electrons. The molecule has 0 saturated carbocycles. The number of methoxy groups -OCH3 is 1. The van der Waals surface area contributed by atoms with Crippen LogP contribution in [0.5, 0.6) is 5.75 Å². The lowest BCUT2D eigenvalue weighted by molar-refractivity contribution is 0.414. The van der Waals surface area contributed by atoms with Gasteiger partial charge in [0, 0.05) is 5.56 Å². The van der Waals surface area contributed by atoms with Crippen LogP contribution < -0.4 is 4.74 Å². The SMILES string of the molecule is C=C(C)c1cc(-c2ccc([CH]C(C)(C)C)cc2)n(-c2ccc(OC)cc2)n1. The van der Waals surface area contributed by atoms with E-state index in [2.05, 4.69) is 64.1 Å². The molecule has 3 rings (SSSR count). The molecule has 0 spiro atoms. The van der Waals surface area contributed by atoms with E-state index in [1.165, 1.54) is 5.56 Å². The van der Waals surface area contributed by atoms with Crippen molar-refractivity contribution in [2.45, 2.75) is 27.7 Å². The van der Waals surface area contributed by atoms with Crippen LogP contribution in [-0.2, 0) is 0 Å². The van der Waals surface area contributed by atoms with Crippen LogP contribution in [0.3, 0.4) is 0 Å². The minimum Gasteiger partial charge on any atom is -0.497 e. The van der Waals surface area contributed by atoms with Gasteiger partial charge in [0.1, 0.15) is 5.75 Å². The molecule has 0 aliphatic carbocycles. The van der Waals surface area contributed by atoms with Crippen LogP contribution in [0.4, 0.5) is 0 Å². The first-order valence-corrected chi connectivity index (χ1v) is 9.13. The Morgan fingerprint density at radius 3 is 2.19 bits per heavy atom. The number of nitrogens with zero attached hydrogens (tertiary/aromatic N) is 2. The molecule has 1 heterocycles. The van der Waals surface area contributed by atoms with Crippen LogP contribution >= 0.6 is 0 Å². The predicted octanol–water partition coefficient (Wildman–Crippen LogP) is 6.18. The summed E-state index contributed by atoms with van der Waals surface area (Å²) >= 11 is 0. The van der Waals surface area contributed by atoms with Gasteiger partial charge in [0.05, 0.1) is 24.2 Å². The van der Waals surface area contributed by atoms with Gasteiger partial charge >= 0.3 is 0 Å². The average Bonchev–Trinajstić information content (AvgIpc) is 3.07.